The van der Waals surface area contributed by atoms with Crippen LogP contribution in [-0.2, 0) is 19.7 Å². The fourth-order valence-electron chi connectivity index (χ4n) is 4.27. The molecule has 1 amide bonds. The number of carbonyl (C=O) groups excluding carboxylic acids is 2. The highest BCUT2D eigenvalue weighted by atomic mass is 19.3. The molecule has 3 aliphatic heterocycles. The second-order valence-electron chi connectivity index (χ2n) is 8.37. The number of rotatable bonds is 4. The molecule has 1 unspecified atom stereocenters. The van der Waals surface area contributed by atoms with Crippen molar-refractivity contribution < 1.29 is 37.3 Å². The van der Waals surface area contributed by atoms with E-state index in [0.717, 1.165) is 0 Å². The minimum atomic E-state index is -3.76. The Bertz CT molecular complexity index is 1140. The quantitative estimate of drug-likeness (QED) is 0.694. The van der Waals surface area contributed by atoms with Crippen LogP contribution in [0.15, 0.2) is 30.3 Å². The number of esters is 1. The van der Waals surface area contributed by atoms with E-state index in [1.807, 2.05) is 4.90 Å². The van der Waals surface area contributed by atoms with Crippen LogP contribution in [0.4, 0.5) is 20.4 Å². The van der Waals surface area contributed by atoms with Crippen molar-refractivity contribution in [1.29, 1.82) is 0 Å². The van der Waals surface area contributed by atoms with Crippen LogP contribution in [0, 0.1) is 5.92 Å². The van der Waals surface area contributed by atoms with Gasteiger partial charge in [0.15, 0.2) is 11.5 Å². The topological polar surface area (TPSA) is 99.2 Å². The molecular weight excluding hydrogens is 440 g/mol. The van der Waals surface area contributed by atoms with Crippen molar-refractivity contribution in [3.63, 3.8) is 0 Å². The van der Waals surface area contributed by atoms with E-state index in [2.05, 4.69) is 19.8 Å². The Morgan fingerprint density at radius 1 is 1.21 bits per heavy atom. The van der Waals surface area contributed by atoms with Gasteiger partial charge in [-0.25, -0.2) is 4.98 Å². The molecule has 1 aromatic carbocycles. The van der Waals surface area contributed by atoms with Gasteiger partial charge in [0.05, 0.1) is 13.0 Å². The molecule has 9 nitrogen and oxygen atoms in total. The summed E-state index contributed by atoms with van der Waals surface area (Å²) in [4.78, 5) is 31.5. The number of carbonyl (C=O) groups is 2. The summed E-state index contributed by atoms with van der Waals surface area (Å²) < 4.78 is 46.2. The van der Waals surface area contributed by atoms with Crippen LogP contribution in [-0.4, -0.2) is 50.0 Å². The van der Waals surface area contributed by atoms with Crippen LogP contribution >= 0.6 is 0 Å². The lowest BCUT2D eigenvalue weighted by Gasteiger charge is -2.22. The number of nitrogens with zero attached hydrogens (tertiary/aromatic N) is 2. The molecule has 0 aliphatic carbocycles. The molecule has 33 heavy (non-hydrogen) atoms. The van der Waals surface area contributed by atoms with Crippen LogP contribution in [0.5, 0.6) is 17.2 Å². The number of hydrogen-bond donors (Lipinski definition) is 1. The number of nitrogens with one attached hydrogen (secondary N) is 1. The van der Waals surface area contributed by atoms with E-state index in [4.69, 9.17) is 9.47 Å². The molecule has 1 fully saturated rings. The molecule has 0 radical (unpaired) electrons. The van der Waals surface area contributed by atoms with Gasteiger partial charge in [-0.1, -0.05) is 6.07 Å². The summed E-state index contributed by atoms with van der Waals surface area (Å²) in [5, 5.41) is 2.79. The first-order valence-corrected chi connectivity index (χ1v) is 10.4. The fraction of sp³-hybridized carbons (Fsp3) is 0.409. The highest BCUT2D eigenvalue weighted by Crippen LogP contribution is 2.50. The Balaban J connectivity index is 1.34. The molecule has 1 saturated heterocycles. The van der Waals surface area contributed by atoms with E-state index in [-0.39, 0.29) is 35.7 Å². The number of methoxy groups -OCH3 is 1. The third kappa shape index (κ3) is 3.66. The molecule has 2 aromatic rings. The van der Waals surface area contributed by atoms with Gasteiger partial charge in [0, 0.05) is 24.7 Å². The van der Waals surface area contributed by atoms with Gasteiger partial charge < -0.3 is 29.2 Å². The molecule has 0 spiro atoms. The van der Waals surface area contributed by atoms with E-state index in [0.29, 0.717) is 36.7 Å². The maximum atomic E-state index is 13.4. The first-order valence-electron chi connectivity index (χ1n) is 10.4. The lowest BCUT2D eigenvalue weighted by molar-refractivity contribution is -0.286. The number of pyridine rings is 1. The summed E-state index contributed by atoms with van der Waals surface area (Å²) >= 11 is 0. The molecule has 11 heteroatoms. The van der Waals surface area contributed by atoms with Gasteiger partial charge in [-0.15, -0.1) is 8.78 Å². The predicted molar refractivity (Wildman–Crippen MR) is 111 cm³/mol. The SMILES string of the molecule is COC(=O)[C@@H]1CCN(c2cccc(NC(=O)C3(C)COc4cc5c(cc43)OC(F)(F)O5)n2)C1. The van der Waals surface area contributed by atoms with E-state index in [9.17, 15) is 18.4 Å². The third-order valence-electron chi connectivity index (χ3n) is 6.14. The number of fused-ring (bicyclic) bond motifs is 2. The zero-order valence-electron chi connectivity index (χ0n) is 17.9. The van der Waals surface area contributed by atoms with Crippen molar-refractivity contribution in [3.8, 4) is 17.2 Å². The molecule has 1 aromatic heterocycles. The summed E-state index contributed by atoms with van der Waals surface area (Å²) in [6.07, 6.45) is -3.10. The Hall–Kier alpha value is -3.63. The van der Waals surface area contributed by atoms with Crippen molar-refractivity contribution in [2.45, 2.75) is 25.1 Å². The number of amides is 1. The zero-order chi connectivity index (χ0) is 23.4. The molecule has 4 heterocycles. The van der Waals surface area contributed by atoms with Crippen LogP contribution < -0.4 is 24.4 Å². The third-order valence-corrected chi connectivity index (χ3v) is 6.14. The van der Waals surface area contributed by atoms with Gasteiger partial charge in [-0.2, -0.15) is 0 Å². The van der Waals surface area contributed by atoms with E-state index >= 15 is 0 Å². The average molecular weight is 461 g/mol. The number of alkyl halides is 2. The Kier molecular flexibility index (Phi) is 4.80. The predicted octanol–water partition coefficient (Wildman–Crippen LogP) is 2.69. The van der Waals surface area contributed by atoms with Crippen LogP contribution in [0.1, 0.15) is 18.9 Å². The van der Waals surface area contributed by atoms with E-state index < -0.39 is 17.6 Å². The number of halogens is 2. The Morgan fingerprint density at radius 3 is 2.73 bits per heavy atom. The van der Waals surface area contributed by atoms with Crippen molar-refractivity contribution in [2.75, 3.05) is 37.0 Å². The number of ether oxygens (including phenoxy) is 4. The number of aromatic nitrogens is 1. The molecule has 2 atom stereocenters. The minimum Gasteiger partial charge on any atom is -0.492 e. The molecule has 0 saturated carbocycles. The van der Waals surface area contributed by atoms with Gasteiger partial charge >= 0.3 is 12.3 Å². The average Bonchev–Trinajstić information content (AvgIpc) is 3.47. The van der Waals surface area contributed by atoms with Gasteiger partial charge in [-0.3, -0.25) is 9.59 Å². The summed E-state index contributed by atoms with van der Waals surface area (Å²) in [6.45, 7) is 2.79. The lowest BCUT2D eigenvalue weighted by Crippen LogP contribution is -2.39. The fourth-order valence-corrected chi connectivity index (χ4v) is 4.27. The van der Waals surface area contributed by atoms with Gasteiger partial charge in [0.1, 0.15) is 29.4 Å². The highest BCUT2D eigenvalue weighted by molar-refractivity contribution is 5.99. The number of anilines is 2. The summed E-state index contributed by atoms with van der Waals surface area (Å²) in [5.41, 5.74) is -0.746. The highest BCUT2D eigenvalue weighted by Gasteiger charge is 2.49. The smallest absolute Gasteiger partial charge is 0.492 e. The molecule has 3 aliphatic rings. The largest absolute Gasteiger partial charge is 0.586 e. The first-order chi connectivity index (χ1) is 15.7. The van der Waals surface area contributed by atoms with E-state index in [1.165, 1.54) is 19.2 Å². The molecular formula is C22H21F2N3O6. The van der Waals surface area contributed by atoms with Crippen molar-refractivity contribution in [2.24, 2.45) is 5.92 Å². The maximum Gasteiger partial charge on any atom is 0.586 e. The Morgan fingerprint density at radius 2 is 1.97 bits per heavy atom. The second-order valence-corrected chi connectivity index (χ2v) is 8.37. The summed E-state index contributed by atoms with van der Waals surface area (Å²) in [7, 11) is 1.36. The van der Waals surface area contributed by atoms with Crippen molar-refractivity contribution >= 4 is 23.5 Å². The minimum absolute atomic E-state index is 0.0140. The standard InChI is InChI=1S/C22H21F2N3O6/c1-21(11-31-14-9-16-15(8-13(14)21)32-22(23,24)33-16)20(29)26-17-4-3-5-18(25-17)27-7-6-12(10-27)19(28)30-2/h3-5,8-9,12H,6-7,10-11H2,1-2H3,(H,25,26,29)/t12-,21?/m1/s1. The van der Waals surface area contributed by atoms with E-state index in [1.54, 1.807) is 25.1 Å². The number of benzene rings is 1. The van der Waals surface area contributed by atoms with Gasteiger partial charge in [0.25, 0.3) is 0 Å². The monoisotopic (exact) mass is 461 g/mol. The van der Waals surface area contributed by atoms with Gasteiger partial charge in [-0.05, 0) is 31.5 Å². The lowest BCUT2D eigenvalue weighted by atomic mass is 9.83. The van der Waals surface area contributed by atoms with Gasteiger partial charge in [0.2, 0.25) is 5.91 Å². The second kappa shape index (κ2) is 7.46. The van der Waals surface area contributed by atoms with Crippen LogP contribution in [0.2, 0.25) is 0 Å². The maximum absolute atomic E-state index is 13.4. The van der Waals surface area contributed by atoms with Crippen LogP contribution in [0.3, 0.4) is 0 Å². The number of hydrogen-bond acceptors (Lipinski definition) is 8. The van der Waals surface area contributed by atoms with Crippen LogP contribution in [0.25, 0.3) is 0 Å². The zero-order valence-corrected chi connectivity index (χ0v) is 17.9. The summed E-state index contributed by atoms with van der Waals surface area (Å²) in [5.74, 6) is 0.0331. The van der Waals surface area contributed by atoms with Crippen molar-refractivity contribution in [3.05, 3.63) is 35.9 Å². The van der Waals surface area contributed by atoms with Crippen molar-refractivity contribution in [1.82, 2.24) is 4.98 Å². The normalized spacial score (nSPS) is 24.2. The molecule has 174 valence electrons. The molecule has 5 rings (SSSR count). The molecule has 1 N–H and O–H groups in total. The first kappa shape index (κ1) is 21.2. The summed E-state index contributed by atoms with van der Waals surface area (Å²) in [6, 6.07) is 7.85. The Labute approximate surface area is 187 Å². The molecule has 0 bridgehead atoms.